The smallest absolute Gasteiger partial charge is 0.200 e. The Hall–Kier alpha value is -1.33. The summed E-state index contributed by atoms with van der Waals surface area (Å²) in [7, 11) is 3.17. The molecule has 0 atom stereocenters. The van der Waals surface area contributed by atoms with Crippen molar-refractivity contribution in [3.63, 3.8) is 0 Å². The summed E-state index contributed by atoms with van der Waals surface area (Å²) in [6.07, 6.45) is -0.431. The number of methoxy groups -OCH3 is 2. The van der Waals surface area contributed by atoms with Gasteiger partial charge in [-0.15, -0.1) is 0 Å². The van der Waals surface area contributed by atoms with E-state index in [1.165, 1.54) is 0 Å². The maximum absolute atomic E-state index is 5.42. The maximum atomic E-state index is 5.42. The Morgan fingerprint density at radius 2 is 2.20 bits per heavy atom. The van der Waals surface area contributed by atoms with E-state index in [9.17, 15) is 0 Å². The third-order valence-electron chi connectivity index (χ3n) is 2.20. The second-order valence-corrected chi connectivity index (χ2v) is 3.16. The van der Waals surface area contributed by atoms with E-state index in [-0.39, 0.29) is 0 Å². The van der Waals surface area contributed by atoms with Gasteiger partial charge in [-0.3, -0.25) is 0 Å². The van der Waals surface area contributed by atoms with Gasteiger partial charge >= 0.3 is 0 Å². The molecule has 0 bridgehead atoms. The molecule has 1 aliphatic heterocycles. The molecule has 1 aromatic heterocycles. The molecule has 82 valence electrons. The third kappa shape index (κ3) is 2.03. The van der Waals surface area contributed by atoms with Crippen molar-refractivity contribution in [2.24, 2.45) is 0 Å². The molecule has 2 heterocycles. The first-order chi connectivity index (χ1) is 7.35. The minimum absolute atomic E-state index is 0.431. The highest BCUT2D eigenvalue weighted by atomic mass is 16.8. The number of pyridine rings is 1. The van der Waals surface area contributed by atoms with Crippen molar-refractivity contribution in [2.75, 3.05) is 32.7 Å². The number of rotatable bonds is 3. The third-order valence-corrected chi connectivity index (χ3v) is 2.20. The summed E-state index contributed by atoms with van der Waals surface area (Å²) in [6, 6.07) is 3.71. The molecule has 0 unspecified atom stereocenters. The van der Waals surface area contributed by atoms with Crippen LogP contribution in [0.15, 0.2) is 12.1 Å². The minimum Gasteiger partial charge on any atom is -0.488 e. The maximum Gasteiger partial charge on any atom is 0.200 e. The van der Waals surface area contributed by atoms with E-state index in [0.29, 0.717) is 6.61 Å². The van der Waals surface area contributed by atoms with Gasteiger partial charge in [0.05, 0.1) is 12.2 Å². The quantitative estimate of drug-likeness (QED) is 0.601. The summed E-state index contributed by atoms with van der Waals surface area (Å²) < 4.78 is 15.7. The summed E-state index contributed by atoms with van der Waals surface area (Å²) >= 11 is 0. The van der Waals surface area contributed by atoms with Crippen LogP contribution in [0.3, 0.4) is 0 Å². The number of ether oxygens (including phenoxy) is 3. The molecule has 0 saturated heterocycles. The van der Waals surface area contributed by atoms with Gasteiger partial charge in [0.25, 0.3) is 0 Å². The summed E-state index contributed by atoms with van der Waals surface area (Å²) in [4.78, 5) is 4.37. The van der Waals surface area contributed by atoms with E-state index in [4.69, 9.17) is 14.2 Å². The molecule has 1 aromatic rings. The topological polar surface area (TPSA) is 52.6 Å². The molecule has 2 rings (SSSR count). The largest absolute Gasteiger partial charge is 0.488 e. The average Bonchev–Trinajstić information content (AvgIpc) is 2.30. The lowest BCUT2D eigenvalue weighted by Crippen LogP contribution is -2.20. The molecule has 15 heavy (non-hydrogen) atoms. The van der Waals surface area contributed by atoms with E-state index >= 15 is 0 Å². The van der Waals surface area contributed by atoms with Gasteiger partial charge in [-0.05, 0) is 12.1 Å². The number of fused-ring (bicyclic) bond motifs is 1. The van der Waals surface area contributed by atoms with E-state index in [1.807, 2.05) is 12.1 Å². The van der Waals surface area contributed by atoms with E-state index in [0.717, 1.165) is 23.8 Å². The molecule has 0 aliphatic carbocycles. The number of nitrogens with zero attached hydrogens (tertiary/aromatic N) is 1. The molecular weight excluding hydrogens is 197 g/mol. The zero-order valence-electron chi connectivity index (χ0n) is 8.82. The lowest BCUT2D eigenvalue weighted by Gasteiger charge is -2.20. The molecule has 0 aromatic carbocycles. The molecule has 5 nitrogen and oxygen atoms in total. The van der Waals surface area contributed by atoms with Crippen LogP contribution >= 0.6 is 0 Å². The second kappa shape index (κ2) is 4.46. The Balaban J connectivity index is 2.27. The molecule has 0 radical (unpaired) electrons. The number of anilines is 1. The highest BCUT2D eigenvalue weighted by Gasteiger charge is 2.16. The van der Waals surface area contributed by atoms with Crippen LogP contribution in [0, 0.1) is 0 Å². The monoisotopic (exact) mass is 211 g/mol. The highest BCUT2D eigenvalue weighted by molar-refractivity contribution is 5.52. The Morgan fingerprint density at radius 3 is 2.93 bits per heavy atom. The van der Waals surface area contributed by atoms with Crippen LogP contribution in [0.25, 0.3) is 0 Å². The first-order valence-corrected chi connectivity index (χ1v) is 4.78. The minimum atomic E-state index is -0.431. The van der Waals surface area contributed by atoms with Crippen molar-refractivity contribution >= 4 is 5.82 Å². The fourth-order valence-electron chi connectivity index (χ4n) is 1.50. The predicted octanol–water partition coefficient (Wildman–Crippen LogP) is 1.18. The van der Waals surface area contributed by atoms with Crippen LogP contribution in [-0.4, -0.2) is 32.4 Å². The van der Waals surface area contributed by atoms with Crippen LogP contribution in [0.4, 0.5) is 5.82 Å². The Labute approximate surface area is 88.4 Å². The number of aromatic nitrogens is 1. The zero-order chi connectivity index (χ0) is 10.7. The van der Waals surface area contributed by atoms with Crippen molar-refractivity contribution in [3.05, 3.63) is 17.8 Å². The molecule has 0 saturated carbocycles. The van der Waals surface area contributed by atoms with Crippen molar-refractivity contribution in [1.82, 2.24) is 4.98 Å². The van der Waals surface area contributed by atoms with Crippen LogP contribution in [-0.2, 0) is 9.47 Å². The molecule has 0 spiro atoms. The van der Waals surface area contributed by atoms with Gasteiger partial charge in [-0.2, -0.15) is 0 Å². The number of hydrogen-bond donors (Lipinski definition) is 1. The zero-order valence-corrected chi connectivity index (χ0v) is 8.82. The van der Waals surface area contributed by atoms with Gasteiger partial charge in [0, 0.05) is 14.2 Å². The Bertz CT molecular complexity index is 339. The van der Waals surface area contributed by atoms with Crippen molar-refractivity contribution in [3.8, 4) is 5.75 Å². The Morgan fingerprint density at radius 1 is 1.40 bits per heavy atom. The van der Waals surface area contributed by atoms with Crippen molar-refractivity contribution in [1.29, 1.82) is 0 Å². The lowest BCUT2D eigenvalue weighted by atomic mass is 10.3. The van der Waals surface area contributed by atoms with Crippen LogP contribution in [0.2, 0.25) is 0 Å². The van der Waals surface area contributed by atoms with Gasteiger partial charge < -0.3 is 19.5 Å². The van der Waals surface area contributed by atoms with Gasteiger partial charge in [-0.25, -0.2) is 4.98 Å². The summed E-state index contributed by atoms with van der Waals surface area (Å²) in [5.74, 6) is 1.52. The molecule has 0 amide bonds. The molecular formula is C10H14N2O3. The average molecular weight is 211 g/mol. The van der Waals surface area contributed by atoms with Gasteiger partial charge in [-0.1, -0.05) is 0 Å². The summed E-state index contributed by atoms with van der Waals surface area (Å²) in [5.41, 5.74) is 0.733. The SMILES string of the molecule is CO[13CH](OC)c1ccc2c(n1)NCCO2. The fourth-order valence-corrected chi connectivity index (χ4v) is 1.50. The number of hydrogen-bond acceptors (Lipinski definition) is 5. The molecule has 5 heteroatoms. The van der Waals surface area contributed by atoms with Crippen LogP contribution in [0.1, 0.15) is 12.0 Å². The van der Waals surface area contributed by atoms with Crippen LogP contribution in [0.5, 0.6) is 5.75 Å². The van der Waals surface area contributed by atoms with Crippen molar-refractivity contribution < 1.29 is 14.2 Å². The molecule has 1 N–H and O–H groups in total. The van der Waals surface area contributed by atoms with Gasteiger partial charge in [0.2, 0.25) is 6.29 Å². The van der Waals surface area contributed by atoms with E-state index < -0.39 is 6.29 Å². The molecule has 1 aliphatic rings. The Kier molecular flexibility index (Phi) is 3.03. The summed E-state index contributed by atoms with van der Waals surface area (Å²) in [5, 5.41) is 3.16. The van der Waals surface area contributed by atoms with E-state index in [2.05, 4.69) is 10.3 Å². The lowest BCUT2D eigenvalue weighted by molar-refractivity contribution is -0.108. The van der Waals surface area contributed by atoms with Crippen LogP contribution < -0.4 is 10.1 Å². The van der Waals surface area contributed by atoms with Gasteiger partial charge in [0.1, 0.15) is 6.61 Å². The highest BCUT2D eigenvalue weighted by Crippen LogP contribution is 2.27. The second-order valence-electron chi connectivity index (χ2n) is 3.16. The molecule has 0 fully saturated rings. The standard InChI is InChI=1S/C10H14N2O3/c1-13-10(14-2)7-3-4-8-9(12-7)11-5-6-15-8/h3-4,10H,5-6H2,1-2H3,(H,11,12)/i10+1. The predicted molar refractivity (Wildman–Crippen MR) is 55.0 cm³/mol. The van der Waals surface area contributed by atoms with E-state index in [1.54, 1.807) is 14.2 Å². The fraction of sp³-hybridized carbons (Fsp3) is 0.500. The summed E-state index contributed by atoms with van der Waals surface area (Å²) in [6.45, 7) is 1.44. The van der Waals surface area contributed by atoms with Crippen molar-refractivity contribution in [2.45, 2.75) is 6.29 Å². The number of nitrogens with one attached hydrogen (secondary N) is 1. The van der Waals surface area contributed by atoms with Gasteiger partial charge in [0.15, 0.2) is 11.6 Å². The first-order valence-electron chi connectivity index (χ1n) is 4.78. The normalized spacial score (nSPS) is 14.3. The first kappa shape index (κ1) is 10.2.